The van der Waals surface area contributed by atoms with Gasteiger partial charge >= 0.3 is 0 Å². The van der Waals surface area contributed by atoms with Gasteiger partial charge in [-0.25, -0.2) is 4.98 Å². The SMILES string of the molecule is CCCn1c(SCC(=O)Nc2ccc(-c3nc4ccc(C)cc4s3)cc2)nnc1-c1ccco1. The molecule has 0 saturated heterocycles. The van der Waals surface area contributed by atoms with Crippen LogP contribution in [0.5, 0.6) is 0 Å². The number of hydrogen-bond acceptors (Lipinski definition) is 7. The van der Waals surface area contributed by atoms with Crippen molar-refractivity contribution in [2.24, 2.45) is 0 Å². The first-order valence-corrected chi connectivity index (χ1v) is 12.8. The third-order valence-corrected chi connectivity index (χ3v) is 7.23. The largest absolute Gasteiger partial charge is 0.461 e. The van der Waals surface area contributed by atoms with Crippen molar-refractivity contribution in [3.63, 3.8) is 0 Å². The van der Waals surface area contributed by atoms with Gasteiger partial charge in [0.15, 0.2) is 16.7 Å². The van der Waals surface area contributed by atoms with Gasteiger partial charge in [0.2, 0.25) is 5.91 Å². The Hall–Kier alpha value is -3.43. The lowest BCUT2D eigenvalue weighted by Gasteiger charge is -2.08. The monoisotopic (exact) mass is 489 g/mol. The first-order valence-electron chi connectivity index (χ1n) is 11.0. The topological polar surface area (TPSA) is 85.8 Å². The van der Waals surface area contributed by atoms with Gasteiger partial charge in [-0.1, -0.05) is 24.8 Å². The molecule has 2 aromatic carbocycles. The lowest BCUT2D eigenvalue weighted by molar-refractivity contribution is -0.113. The highest BCUT2D eigenvalue weighted by Gasteiger charge is 2.17. The van der Waals surface area contributed by atoms with Gasteiger partial charge in [-0.2, -0.15) is 0 Å². The summed E-state index contributed by atoms with van der Waals surface area (Å²) in [6, 6.07) is 17.7. The van der Waals surface area contributed by atoms with E-state index in [9.17, 15) is 4.79 Å². The highest BCUT2D eigenvalue weighted by atomic mass is 32.2. The zero-order valence-electron chi connectivity index (χ0n) is 18.8. The van der Waals surface area contributed by atoms with Crippen LogP contribution in [0.1, 0.15) is 18.9 Å². The number of nitrogens with zero attached hydrogens (tertiary/aromatic N) is 4. The second-order valence-electron chi connectivity index (χ2n) is 7.84. The van der Waals surface area contributed by atoms with Crippen molar-refractivity contribution >= 4 is 44.9 Å². The number of rotatable bonds is 8. The molecule has 0 bridgehead atoms. The van der Waals surface area contributed by atoms with E-state index in [-0.39, 0.29) is 11.7 Å². The van der Waals surface area contributed by atoms with Gasteiger partial charge in [0.05, 0.1) is 22.2 Å². The Labute approximate surface area is 205 Å². The second-order valence-corrected chi connectivity index (χ2v) is 9.81. The number of carbonyl (C=O) groups is 1. The molecule has 0 unspecified atom stereocenters. The normalized spacial score (nSPS) is 11.2. The Morgan fingerprint density at radius 1 is 1.15 bits per heavy atom. The van der Waals surface area contributed by atoms with Crippen LogP contribution in [0.25, 0.3) is 32.4 Å². The number of hydrogen-bond donors (Lipinski definition) is 1. The lowest BCUT2D eigenvalue weighted by Crippen LogP contribution is -2.14. The molecule has 0 aliphatic rings. The number of furan rings is 1. The van der Waals surface area contributed by atoms with E-state index < -0.39 is 0 Å². The summed E-state index contributed by atoms with van der Waals surface area (Å²) in [6.45, 7) is 4.92. The molecule has 0 fully saturated rings. The third kappa shape index (κ3) is 4.76. The van der Waals surface area contributed by atoms with Crippen molar-refractivity contribution in [2.75, 3.05) is 11.1 Å². The molecule has 1 N–H and O–H groups in total. The van der Waals surface area contributed by atoms with E-state index in [1.807, 2.05) is 41.0 Å². The number of aromatic nitrogens is 4. The number of anilines is 1. The molecule has 0 aliphatic heterocycles. The van der Waals surface area contributed by atoms with Crippen molar-refractivity contribution in [1.82, 2.24) is 19.7 Å². The van der Waals surface area contributed by atoms with Gasteiger partial charge < -0.3 is 9.73 Å². The fourth-order valence-corrected chi connectivity index (χ4v) is 5.42. The number of aryl methyl sites for hydroxylation is 1. The molecular weight excluding hydrogens is 466 g/mol. The molecule has 0 aliphatic carbocycles. The predicted molar refractivity (Wildman–Crippen MR) is 137 cm³/mol. The summed E-state index contributed by atoms with van der Waals surface area (Å²) in [5.74, 6) is 1.48. The molecule has 1 amide bonds. The molecule has 0 saturated carbocycles. The van der Waals surface area contributed by atoms with E-state index in [1.165, 1.54) is 22.0 Å². The van der Waals surface area contributed by atoms with Gasteiger partial charge in [-0.3, -0.25) is 9.36 Å². The smallest absolute Gasteiger partial charge is 0.234 e. The molecule has 0 radical (unpaired) electrons. The molecular formula is C25H23N5O2S2. The number of thiazole rings is 1. The zero-order chi connectivity index (χ0) is 23.5. The quantitative estimate of drug-likeness (QED) is 0.259. The maximum atomic E-state index is 12.6. The van der Waals surface area contributed by atoms with Crippen molar-refractivity contribution < 1.29 is 9.21 Å². The molecule has 7 nitrogen and oxygen atoms in total. The summed E-state index contributed by atoms with van der Waals surface area (Å²) in [4.78, 5) is 17.3. The number of thioether (sulfide) groups is 1. The Kier molecular flexibility index (Phi) is 6.46. The zero-order valence-corrected chi connectivity index (χ0v) is 20.4. The maximum Gasteiger partial charge on any atom is 0.234 e. The van der Waals surface area contributed by atoms with Crippen molar-refractivity contribution in [1.29, 1.82) is 0 Å². The van der Waals surface area contributed by atoms with E-state index in [1.54, 1.807) is 17.6 Å². The van der Waals surface area contributed by atoms with Crippen LogP contribution in [-0.2, 0) is 11.3 Å². The van der Waals surface area contributed by atoms with Gasteiger partial charge in [0.1, 0.15) is 5.01 Å². The number of benzene rings is 2. The average molecular weight is 490 g/mol. The molecule has 0 atom stereocenters. The molecule has 9 heteroatoms. The highest BCUT2D eigenvalue weighted by molar-refractivity contribution is 7.99. The summed E-state index contributed by atoms with van der Waals surface area (Å²) in [7, 11) is 0. The van der Waals surface area contributed by atoms with Crippen molar-refractivity contribution in [3.05, 3.63) is 66.4 Å². The number of nitrogens with one attached hydrogen (secondary N) is 1. The summed E-state index contributed by atoms with van der Waals surface area (Å²) < 4.78 is 8.64. The third-order valence-electron chi connectivity index (χ3n) is 5.20. The van der Waals surface area contributed by atoms with E-state index >= 15 is 0 Å². The minimum atomic E-state index is -0.0983. The molecule has 172 valence electrons. The summed E-state index contributed by atoms with van der Waals surface area (Å²) in [5.41, 5.74) is 4.01. The molecule has 0 spiro atoms. The fraction of sp³-hybridized carbons (Fsp3) is 0.200. The van der Waals surface area contributed by atoms with Crippen LogP contribution < -0.4 is 5.32 Å². The van der Waals surface area contributed by atoms with Gasteiger partial charge in [-0.15, -0.1) is 21.5 Å². The summed E-state index contributed by atoms with van der Waals surface area (Å²) >= 11 is 3.04. The molecule has 5 aromatic rings. The van der Waals surface area contributed by atoms with Crippen LogP contribution in [0.4, 0.5) is 5.69 Å². The number of carbonyl (C=O) groups excluding carboxylic acids is 1. The first-order chi connectivity index (χ1) is 16.6. The number of fused-ring (bicyclic) bond motifs is 1. The lowest BCUT2D eigenvalue weighted by atomic mass is 10.2. The Morgan fingerprint density at radius 3 is 2.76 bits per heavy atom. The molecule has 3 heterocycles. The van der Waals surface area contributed by atoms with Crippen LogP contribution in [0.15, 0.2) is 70.4 Å². The van der Waals surface area contributed by atoms with Crippen LogP contribution in [0, 0.1) is 6.92 Å². The first kappa shape index (κ1) is 22.4. The Morgan fingerprint density at radius 2 is 2.00 bits per heavy atom. The van der Waals surface area contributed by atoms with Gasteiger partial charge in [-0.05, 0) is 67.4 Å². The van der Waals surface area contributed by atoms with Crippen LogP contribution in [0.2, 0.25) is 0 Å². The van der Waals surface area contributed by atoms with Crippen molar-refractivity contribution in [3.8, 4) is 22.2 Å². The summed E-state index contributed by atoms with van der Waals surface area (Å²) in [5, 5.41) is 13.2. The Bertz CT molecular complexity index is 1420. The summed E-state index contributed by atoms with van der Waals surface area (Å²) in [6.07, 6.45) is 2.54. The van der Waals surface area contributed by atoms with Crippen molar-refractivity contribution in [2.45, 2.75) is 32.0 Å². The van der Waals surface area contributed by atoms with E-state index in [0.717, 1.165) is 34.7 Å². The Balaban J connectivity index is 1.23. The average Bonchev–Trinajstić information content (AvgIpc) is 3.58. The predicted octanol–water partition coefficient (Wildman–Crippen LogP) is 6.26. The van der Waals surface area contributed by atoms with Crippen LogP contribution in [0.3, 0.4) is 0 Å². The maximum absolute atomic E-state index is 12.6. The van der Waals surface area contributed by atoms with E-state index in [2.05, 4.69) is 47.6 Å². The standard InChI is InChI=1S/C25H23N5O2S2/c1-3-12-30-23(20-5-4-13-32-20)28-29-25(30)33-15-22(31)26-18-9-7-17(8-10-18)24-27-19-11-6-16(2)14-21(19)34-24/h4-11,13-14H,3,12,15H2,1-2H3,(H,26,31). The molecule has 3 aromatic heterocycles. The van der Waals surface area contributed by atoms with Gasteiger partial charge in [0, 0.05) is 17.8 Å². The number of amides is 1. The fourth-order valence-electron chi connectivity index (χ4n) is 3.59. The molecule has 5 rings (SSSR count). The molecule has 34 heavy (non-hydrogen) atoms. The van der Waals surface area contributed by atoms with E-state index in [4.69, 9.17) is 9.40 Å². The van der Waals surface area contributed by atoms with E-state index in [0.29, 0.717) is 16.7 Å². The second kappa shape index (κ2) is 9.82. The van der Waals surface area contributed by atoms with Crippen LogP contribution in [-0.4, -0.2) is 31.4 Å². The van der Waals surface area contributed by atoms with Crippen LogP contribution >= 0.6 is 23.1 Å². The van der Waals surface area contributed by atoms with Gasteiger partial charge in [0.25, 0.3) is 0 Å². The highest BCUT2D eigenvalue weighted by Crippen LogP contribution is 2.31. The minimum Gasteiger partial charge on any atom is -0.461 e. The minimum absolute atomic E-state index is 0.0983.